The molecule has 0 saturated carbocycles. The van der Waals surface area contributed by atoms with E-state index >= 15 is 0 Å². The van der Waals surface area contributed by atoms with Crippen molar-refractivity contribution in [1.29, 1.82) is 0 Å². The Kier molecular flexibility index (Phi) is 5.47. The van der Waals surface area contributed by atoms with Gasteiger partial charge in [-0.1, -0.05) is 12.1 Å². The first-order valence-corrected chi connectivity index (χ1v) is 10.3. The normalized spacial score (nSPS) is 21.7. The second kappa shape index (κ2) is 8.19. The summed E-state index contributed by atoms with van der Waals surface area (Å²) in [6, 6.07) is 10.7. The fraction of sp³-hybridized carbons (Fsp3) is 0.455. The Bertz CT molecular complexity index is 942. The van der Waals surface area contributed by atoms with E-state index in [2.05, 4.69) is 4.98 Å². The second-order valence-corrected chi connectivity index (χ2v) is 7.81. The Morgan fingerprint density at radius 3 is 2.59 bits per heavy atom. The number of rotatable bonds is 5. The van der Waals surface area contributed by atoms with Crippen molar-refractivity contribution in [3.8, 4) is 0 Å². The van der Waals surface area contributed by atoms with Gasteiger partial charge in [-0.15, -0.1) is 0 Å². The number of carbonyl (C=O) groups is 2. The van der Waals surface area contributed by atoms with Crippen LogP contribution < -0.4 is 5.56 Å². The summed E-state index contributed by atoms with van der Waals surface area (Å²) in [5, 5.41) is 0. The Hall–Kier alpha value is -2.96. The number of nitrogens with zero attached hydrogens (tertiary/aromatic N) is 4. The summed E-state index contributed by atoms with van der Waals surface area (Å²) in [4.78, 5) is 46.3. The van der Waals surface area contributed by atoms with Crippen LogP contribution in [0.1, 0.15) is 37.8 Å². The minimum Gasteiger partial charge on any atom is -0.335 e. The van der Waals surface area contributed by atoms with Crippen LogP contribution in [-0.4, -0.2) is 49.8 Å². The van der Waals surface area contributed by atoms with Crippen molar-refractivity contribution in [1.82, 2.24) is 19.4 Å². The van der Waals surface area contributed by atoms with Crippen molar-refractivity contribution in [3.63, 3.8) is 0 Å². The van der Waals surface area contributed by atoms with E-state index in [4.69, 9.17) is 0 Å². The molecule has 0 radical (unpaired) electrons. The van der Waals surface area contributed by atoms with Gasteiger partial charge < -0.3 is 14.4 Å². The van der Waals surface area contributed by atoms with Crippen LogP contribution in [0.15, 0.2) is 53.6 Å². The Morgan fingerprint density at radius 2 is 1.83 bits per heavy atom. The molecule has 0 aliphatic carbocycles. The molecule has 2 saturated heterocycles. The highest BCUT2D eigenvalue weighted by Crippen LogP contribution is 2.39. The highest BCUT2D eigenvalue weighted by molar-refractivity contribution is 5.92. The lowest BCUT2D eigenvalue weighted by Crippen LogP contribution is -2.61. The van der Waals surface area contributed by atoms with Crippen molar-refractivity contribution in [2.45, 2.75) is 50.7 Å². The Labute approximate surface area is 170 Å². The lowest BCUT2D eigenvalue weighted by Gasteiger charge is -2.44. The van der Waals surface area contributed by atoms with Gasteiger partial charge in [0, 0.05) is 44.5 Å². The molecule has 0 N–H and O–H groups in total. The maximum absolute atomic E-state index is 13.4. The maximum Gasteiger partial charge on any atom is 0.250 e. The fourth-order valence-corrected chi connectivity index (χ4v) is 4.62. The average molecular weight is 394 g/mol. The van der Waals surface area contributed by atoms with E-state index in [-0.39, 0.29) is 23.8 Å². The lowest BCUT2D eigenvalue weighted by atomic mass is 9.85. The molecule has 2 fully saturated rings. The number of piperidine rings is 1. The topological polar surface area (TPSA) is 75.5 Å². The van der Waals surface area contributed by atoms with Gasteiger partial charge in [0.05, 0.1) is 12.2 Å². The monoisotopic (exact) mass is 394 g/mol. The molecular weight excluding hydrogens is 368 g/mol. The molecule has 4 rings (SSSR count). The number of pyridine rings is 2. The molecule has 4 heterocycles. The first kappa shape index (κ1) is 19.4. The molecule has 1 atom stereocenters. The summed E-state index contributed by atoms with van der Waals surface area (Å²) in [7, 11) is 0. The molecule has 29 heavy (non-hydrogen) atoms. The Morgan fingerprint density at radius 1 is 1.03 bits per heavy atom. The van der Waals surface area contributed by atoms with Crippen LogP contribution in [0.2, 0.25) is 0 Å². The fourth-order valence-electron chi connectivity index (χ4n) is 4.62. The van der Waals surface area contributed by atoms with Gasteiger partial charge in [0.25, 0.3) is 5.56 Å². The van der Waals surface area contributed by atoms with Gasteiger partial charge in [-0.3, -0.25) is 19.4 Å². The molecule has 2 amide bonds. The third-order valence-corrected chi connectivity index (χ3v) is 6.04. The Balaban J connectivity index is 1.48. The zero-order chi connectivity index (χ0) is 20.3. The van der Waals surface area contributed by atoms with Crippen molar-refractivity contribution >= 4 is 11.8 Å². The van der Waals surface area contributed by atoms with Gasteiger partial charge in [-0.05, 0) is 43.9 Å². The average Bonchev–Trinajstić information content (AvgIpc) is 3.16. The van der Waals surface area contributed by atoms with E-state index in [0.29, 0.717) is 39.0 Å². The third kappa shape index (κ3) is 3.81. The third-order valence-electron chi connectivity index (χ3n) is 6.04. The van der Waals surface area contributed by atoms with Crippen molar-refractivity contribution in [2.75, 3.05) is 13.1 Å². The van der Waals surface area contributed by atoms with Gasteiger partial charge in [-0.25, -0.2) is 0 Å². The van der Waals surface area contributed by atoms with Crippen LogP contribution in [0.3, 0.4) is 0 Å². The molecular formula is C22H26N4O3. The summed E-state index contributed by atoms with van der Waals surface area (Å²) < 4.78 is 1.54. The molecule has 7 heteroatoms. The molecule has 2 aliphatic rings. The molecule has 152 valence electrons. The molecule has 7 nitrogen and oxygen atoms in total. The smallest absolute Gasteiger partial charge is 0.250 e. The van der Waals surface area contributed by atoms with Crippen molar-refractivity contribution < 1.29 is 9.59 Å². The standard InChI is InChI=1S/C22H26N4O3/c27-19-8-2-4-13-24(19)16-9-20(28)26-15-6-11-22(26)10-5-14-25(21(22)29)17-18-7-1-3-12-23-18/h1-4,7-8,12-13H,5-6,9-11,14-17H2. The summed E-state index contributed by atoms with van der Waals surface area (Å²) >= 11 is 0. The van der Waals surface area contributed by atoms with Crippen LogP contribution in [-0.2, 0) is 22.7 Å². The van der Waals surface area contributed by atoms with Crippen LogP contribution in [0.4, 0.5) is 0 Å². The van der Waals surface area contributed by atoms with E-state index in [1.807, 2.05) is 23.1 Å². The van der Waals surface area contributed by atoms with Gasteiger partial charge in [-0.2, -0.15) is 0 Å². The first-order chi connectivity index (χ1) is 14.1. The molecule has 2 aromatic rings. The maximum atomic E-state index is 13.4. The molecule has 0 aromatic carbocycles. The number of likely N-dealkylation sites (tertiary alicyclic amines) is 2. The number of aryl methyl sites for hydroxylation is 1. The summed E-state index contributed by atoms with van der Waals surface area (Å²) in [5.74, 6) is -0.0107. The number of hydrogen-bond donors (Lipinski definition) is 0. The predicted molar refractivity (Wildman–Crippen MR) is 108 cm³/mol. The minimum absolute atomic E-state index is 0.0390. The number of aromatic nitrogens is 2. The van der Waals surface area contributed by atoms with Crippen LogP contribution in [0.5, 0.6) is 0 Å². The van der Waals surface area contributed by atoms with Crippen molar-refractivity contribution in [3.05, 3.63) is 64.8 Å². The lowest BCUT2D eigenvalue weighted by molar-refractivity contribution is -0.156. The molecule has 1 unspecified atom stereocenters. The van der Waals surface area contributed by atoms with Gasteiger partial charge in [0.1, 0.15) is 5.54 Å². The quantitative estimate of drug-likeness (QED) is 0.775. The van der Waals surface area contributed by atoms with E-state index < -0.39 is 5.54 Å². The van der Waals surface area contributed by atoms with E-state index in [1.165, 1.54) is 10.6 Å². The SMILES string of the molecule is O=C(CCn1ccccc1=O)N1CCCC12CCCN(Cc1ccccn1)C2=O. The summed E-state index contributed by atoms with van der Waals surface area (Å²) in [6.07, 6.45) is 6.77. The van der Waals surface area contributed by atoms with Gasteiger partial charge >= 0.3 is 0 Å². The number of amides is 2. The zero-order valence-corrected chi connectivity index (χ0v) is 16.5. The van der Waals surface area contributed by atoms with E-state index in [9.17, 15) is 14.4 Å². The summed E-state index contributed by atoms with van der Waals surface area (Å²) in [5.41, 5.74) is 0.00937. The number of carbonyl (C=O) groups excluding carboxylic acids is 2. The molecule has 2 aliphatic heterocycles. The van der Waals surface area contributed by atoms with Crippen molar-refractivity contribution in [2.24, 2.45) is 0 Å². The summed E-state index contributed by atoms with van der Waals surface area (Å²) in [6.45, 7) is 2.10. The zero-order valence-electron chi connectivity index (χ0n) is 16.5. The van der Waals surface area contributed by atoms with E-state index in [0.717, 1.165) is 18.5 Å². The molecule has 2 aromatic heterocycles. The molecule has 1 spiro atoms. The molecule has 0 bridgehead atoms. The second-order valence-electron chi connectivity index (χ2n) is 7.81. The minimum atomic E-state index is -0.730. The van der Waals surface area contributed by atoms with Crippen LogP contribution in [0.25, 0.3) is 0 Å². The predicted octanol–water partition coefficient (Wildman–Crippen LogP) is 1.82. The van der Waals surface area contributed by atoms with Crippen LogP contribution in [0, 0.1) is 0 Å². The highest BCUT2D eigenvalue weighted by Gasteiger charge is 2.52. The van der Waals surface area contributed by atoms with E-state index in [1.54, 1.807) is 29.4 Å². The van der Waals surface area contributed by atoms with Gasteiger partial charge in [0.2, 0.25) is 11.8 Å². The van der Waals surface area contributed by atoms with Crippen LogP contribution >= 0.6 is 0 Å². The first-order valence-electron chi connectivity index (χ1n) is 10.3. The largest absolute Gasteiger partial charge is 0.335 e. The highest BCUT2D eigenvalue weighted by atomic mass is 16.2. The van der Waals surface area contributed by atoms with Gasteiger partial charge in [0.15, 0.2) is 0 Å². The number of hydrogen-bond acceptors (Lipinski definition) is 4.